The number of benzene rings is 1. The van der Waals surface area contributed by atoms with Crippen LogP contribution in [0.1, 0.15) is 16.8 Å². The highest BCUT2D eigenvalue weighted by Crippen LogP contribution is 2.53. The Balaban J connectivity index is 1.99. The Morgan fingerprint density at radius 1 is 1.33 bits per heavy atom. The molecular weight excluding hydrogens is 277 g/mol. The van der Waals surface area contributed by atoms with Gasteiger partial charge in [0.1, 0.15) is 4.33 Å². The minimum absolute atomic E-state index is 0.217. The van der Waals surface area contributed by atoms with E-state index in [1.165, 1.54) is 7.11 Å². The molecule has 4 nitrogen and oxygen atoms in total. The van der Waals surface area contributed by atoms with E-state index in [9.17, 15) is 9.59 Å². The number of anilines is 1. The van der Waals surface area contributed by atoms with Crippen molar-refractivity contribution < 1.29 is 14.3 Å². The summed E-state index contributed by atoms with van der Waals surface area (Å²) in [6, 6.07) is 6.39. The Bertz CT molecular complexity index is 485. The van der Waals surface area contributed by atoms with Crippen molar-refractivity contribution in [1.82, 2.24) is 0 Å². The van der Waals surface area contributed by atoms with Crippen molar-refractivity contribution in [3.8, 4) is 0 Å². The molecule has 0 aliphatic heterocycles. The summed E-state index contributed by atoms with van der Waals surface area (Å²) in [6.07, 6.45) is 0.461. The number of methoxy groups -OCH3 is 1. The van der Waals surface area contributed by atoms with Crippen LogP contribution < -0.4 is 5.32 Å². The minimum Gasteiger partial charge on any atom is -0.465 e. The summed E-state index contributed by atoms with van der Waals surface area (Å²) in [5.74, 6) is -1.01. The van der Waals surface area contributed by atoms with E-state index < -0.39 is 10.3 Å². The van der Waals surface area contributed by atoms with Gasteiger partial charge >= 0.3 is 5.97 Å². The predicted octanol–water partition coefficient (Wildman–Crippen LogP) is 2.61. The van der Waals surface area contributed by atoms with Crippen molar-refractivity contribution in [2.75, 3.05) is 12.4 Å². The summed E-state index contributed by atoms with van der Waals surface area (Å²) >= 11 is 11.6. The molecule has 1 aliphatic rings. The maximum Gasteiger partial charge on any atom is 0.337 e. The summed E-state index contributed by atoms with van der Waals surface area (Å²) in [5.41, 5.74) is 1.01. The summed E-state index contributed by atoms with van der Waals surface area (Å²) in [6.45, 7) is 0. The van der Waals surface area contributed by atoms with Gasteiger partial charge in [-0.15, -0.1) is 23.2 Å². The maximum atomic E-state index is 11.7. The van der Waals surface area contributed by atoms with Gasteiger partial charge < -0.3 is 10.1 Å². The van der Waals surface area contributed by atoms with Crippen LogP contribution in [0.4, 0.5) is 5.69 Å². The number of halogens is 2. The highest BCUT2D eigenvalue weighted by Gasteiger charge is 2.56. The van der Waals surface area contributed by atoms with Crippen LogP contribution in [0.25, 0.3) is 0 Å². The van der Waals surface area contributed by atoms with Crippen LogP contribution in [-0.4, -0.2) is 23.3 Å². The second-order valence-corrected chi connectivity index (χ2v) is 5.62. The topological polar surface area (TPSA) is 55.4 Å². The fraction of sp³-hybridized carbons (Fsp3) is 0.333. The third-order valence-electron chi connectivity index (χ3n) is 2.72. The third kappa shape index (κ3) is 2.76. The van der Waals surface area contributed by atoms with Gasteiger partial charge in [0.15, 0.2) is 0 Å². The van der Waals surface area contributed by atoms with Crippen LogP contribution in [0.5, 0.6) is 0 Å². The SMILES string of the molecule is COC(=O)c1ccc(NC(=O)C2CC2(Cl)Cl)cc1. The zero-order valence-corrected chi connectivity index (χ0v) is 11.1. The average molecular weight is 288 g/mol. The molecule has 2 rings (SSSR count). The summed E-state index contributed by atoms with van der Waals surface area (Å²) < 4.78 is 3.64. The van der Waals surface area contributed by atoms with Crippen LogP contribution in [0.3, 0.4) is 0 Å². The zero-order valence-electron chi connectivity index (χ0n) is 9.57. The Kier molecular flexibility index (Phi) is 3.50. The molecule has 0 heterocycles. The molecular formula is C12H11Cl2NO3. The quantitative estimate of drug-likeness (QED) is 0.687. The third-order valence-corrected chi connectivity index (χ3v) is 3.55. The Morgan fingerprint density at radius 3 is 2.33 bits per heavy atom. The van der Waals surface area contributed by atoms with E-state index >= 15 is 0 Å². The number of esters is 1. The van der Waals surface area contributed by atoms with Crippen molar-refractivity contribution in [3.63, 3.8) is 0 Å². The highest BCUT2D eigenvalue weighted by atomic mass is 35.5. The Hall–Kier alpha value is -1.26. The molecule has 1 aliphatic carbocycles. The first-order valence-electron chi connectivity index (χ1n) is 5.31. The summed E-state index contributed by atoms with van der Waals surface area (Å²) in [4.78, 5) is 22.9. The van der Waals surface area contributed by atoms with Gasteiger partial charge in [-0.2, -0.15) is 0 Å². The van der Waals surface area contributed by atoms with Crippen LogP contribution in [0.2, 0.25) is 0 Å². The molecule has 0 bridgehead atoms. The molecule has 1 unspecified atom stereocenters. The number of ether oxygens (including phenoxy) is 1. The molecule has 0 radical (unpaired) electrons. The van der Waals surface area contributed by atoms with E-state index in [0.29, 0.717) is 17.7 Å². The molecule has 6 heteroatoms. The molecule has 0 aromatic heterocycles. The fourth-order valence-corrected chi connectivity index (χ4v) is 2.04. The molecule has 1 aromatic rings. The van der Waals surface area contributed by atoms with Crippen LogP contribution in [-0.2, 0) is 9.53 Å². The van der Waals surface area contributed by atoms with Gasteiger partial charge in [0.2, 0.25) is 5.91 Å². The van der Waals surface area contributed by atoms with Crippen LogP contribution >= 0.6 is 23.2 Å². The highest BCUT2D eigenvalue weighted by molar-refractivity contribution is 6.52. The lowest BCUT2D eigenvalue weighted by Gasteiger charge is -2.06. The van der Waals surface area contributed by atoms with Crippen LogP contribution in [0, 0.1) is 5.92 Å². The van der Waals surface area contributed by atoms with Crippen molar-refractivity contribution >= 4 is 40.8 Å². The number of rotatable bonds is 3. The van der Waals surface area contributed by atoms with Gasteiger partial charge in [0.05, 0.1) is 18.6 Å². The Morgan fingerprint density at radius 2 is 1.89 bits per heavy atom. The number of carbonyl (C=O) groups excluding carboxylic acids is 2. The summed E-state index contributed by atoms with van der Waals surface area (Å²) in [5, 5.41) is 2.68. The summed E-state index contributed by atoms with van der Waals surface area (Å²) in [7, 11) is 1.31. The number of amides is 1. The van der Waals surface area contributed by atoms with E-state index in [-0.39, 0.29) is 11.8 Å². The first kappa shape index (κ1) is 13.2. The zero-order chi connectivity index (χ0) is 13.3. The number of hydrogen-bond donors (Lipinski definition) is 1. The molecule has 1 amide bonds. The van der Waals surface area contributed by atoms with Crippen LogP contribution in [0.15, 0.2) is 24.3 Å². The standard InChI is InChI=1S/C12H11Cl2NO3/c1-18-11(17)7-2-4-8(5-3-7)15-10(16)9-6-12(9,13)14/h2-5,9H,6H2,1H3,(H,15,16). The normalized spacial score (nSPS) is 20.1. The molecule has 1 atom stereocenters. The Labute approximate surface area is 114 Å². The molecule has 96 valence electrons. The van der Waals surface area contributed by atoms with E-state index in [1.54, 1.807) is 24.3 Å². The van der Waals surface area contributed by atoms with E-state index in [1.807, 2.05) is 0 Å². The number of carbonyl (C=O) groups is 2. The monoisotopic (exact) mass is 287 g/mol. The lowest BCUT2D eigenvalue weighted by atomic mass is 10.2. The van der Waals surface area contributed by atoms with Crippen molar-refractivity contribution in [3.05, 3.63) is 29.8 Å². The van der Waals surface area contributed by atoms with Gasteiger partial charge in [-0.3, -0.25) is 4.79 Å². The molecule has 0 spiro atoms. The first-order valence-corrected chi connectivity index (χ1v) is 6.07. The molecule has 0 saturated heterocycles. The lowest BCUT2D eigenvalue weighted by Crippen LogP contribution is -2.16. The molecule has 1 saturated carbocycles. The number of alkyl halides is 2. The van der Waals surface area contributed by atoms with Gasteiger partial charge in [-0.25, -0.2) is 4.79 Å². The number of nitrogens with one attached hydrogen (secondary N) is 1. The van der Waals surface area contributed by atoms with E-state index in [2.05, 4.69) is 10.1 Å². The molecule has 1 N–H and O–H groups in total. The lowest BCUT2D eigenvalue weighted by molar-refractivity contribution is -0.117. The van der Waals surface area contributed by atoms with Gasteiger partial charge in [-0.05, 0) is 30.7 Å². The largest absolute Gasteiger partial charge is 0.465 e. The van der Waals surface area contributed by atoms with Gasteiger partial charge in [-0.1, -0.05) is 0 Å². The first-order chi connectivity index (χ1) is 8.44. The van der Waals surface area contributed by atoms with Crippen molar-refractivity contribution in [1.29, 1.82) is 0 Å². The number of hydrogen-bond acceptors (Lipinski definition) is 3. The van der Waals surface area contributed by atoms with E-state index in [4.69, 9.17) is 23.2 Å². The second kappa shape index (κ2) is 4.78. The van der Waals surface area contributed by atoms with Gasteiger partial charge in [0, 0.05) is 5.69 Å². The minimum atomic E-state index is -0.934. The van der Waals surface area contributed by atoms with Crippen molar-refractivity contribution in [2.24, 2.45) is 5.92 Å². The van der Waals surface area contributed by atoms with E-state index in [0.717, 1.165) is 0 Å². The smallest absolute Gasteiger partial charge is 0.337 e. The molecule has 1 fully saturated rings. The fourth-order valence-electron chi connectivity index (χ4n) is 1.53. The second-order valence-electron chi connectivity index (χ2n) is 4.08. The maximum absolute atomic E-state index is 11.7. The predicted molar refractivity (Wildman–Crippen MR) is 69.0 cm³/mol. The average Bonchev–Trinajstić information content (AvgIpc) is 2.98. The van der Waals surface area contributed by atoms with Crippen molar-refractivity contribution in [2.45, 2.75) is 10.8 Å². The molecule has 18 heavy (non-hydrogen) atoms. The molecule has 1 aromatic carbocycles. The van der Waals surface area contributed by atoms with Gasteiger partial charge in [0.25, 0.3) is 0 Å².